The van der Waals surface area contributed by atoms with Crippen molar-refractivity contribution in [3.8, 4) is 0 Å². The zero-order chi connectivity index (χ0) is 36.0. The summed E-state index contributed by atoms with van der Waals surface area (Å²) in [6.45, 7) is 33.9. The van der Waals surface area contributed by atoms with Crippen molar-refractivity contribution in [1.82, 2.24) is 14.7 Å². The maximum atomic E-state index is 14.5. The molecule has 0 aromatic carbocycles. The van der Waals surface area contributed by atoms with Crippen molar-refractivity contribution in [3.63, 3.8) is 0 Å². The van der Waals surface area contributed by atoms with E-state index in [1.807, 2.05) is 14.1 Å². The molecule has 0 radical (unpaired) electrons. The Morgan fingerprint density at radius 2 is 0.957 bits per heavy atom. The Kier molecular flexibility index (Phi) is 12.0. The summed E-state index contributed by atoms with van der Waals surface area (Å²) >= 11 is 0. The van der Waals surface area contributed by atoms with Crippen LogP contribution in [-0.4, -0.2) is 72.1 Å². The van der Waals surface area contributed by atoms with Crippen LogP contribution in [0, 0.1) is 56.2 Å². The molecule has 2 rings (SSSR count). The number of carbonyl (C=O) groups is 4. The molecule has 266 valence electrons. The molecule has 4 unspecified atom stereocenters. The van der Waals surface area contributed by atoms with E-state index in [9.17, 15) is 19.2 Å². The first-order chi connectivity index (χ1) is 20.5. The molecule has 46 heavy (non-hydrogen) atoms. The number of likely N-dealkylation sites (tertiary alicyclic amines) is 2. The van der Waals surface area contributed by atoms with Crippen molar-refractivity contribution in [1.29, 1.82) is 0 Å². The number of imide groups is 2. The van der Waals surface area contributed by atoms with Gasteiger partial charge in [0.15, 0.2) is 0 Å². The molecule has 0 bridgehead atoms. The smallest absolute Gasteiger partial charge is 0.233 e. The van der Waals surface area contributed by atoms with Gasteiger partial charge in [-0.15, -0.1) is 0 Å². The highest BCUT2D eigenvalue weighted by molar-refractivity contribution is 6.06. The topological polar surface area (TPSA) is 78.0 Å². The second-order valence-electron chi connectivity index (χ2n) is 19.9. The molecular weight excluding hydrogens is 574 g/mol. The minimum absolute atomic E-state index is 0.0155. The van der Waals surface area contributed by atoms with Crippen molar-refractivity contribution >= 4 is 23.6 Å². The van der Waals surface area contributed by atoms with Crippen LogP contribution in [0.1, 0.15) is 136 Å². The van der Waals surface area contributed by atoms with E-state index in [1.54, 1.807) is 4.90 Å². The van der Waals surface area contributed by atoms with E-state index in [2.05, 4.69) is 109 Å². The number of hydrogen-bond donors (Lipinski definition) is 0. The molecule has 2 heterocycles. The third-order valence-electron chi connectivity index (χ3n) is 11.5. The lowest BCUT2D eigenvalue weighted by atomic mass is 9.50. The molecule has 4 atom stereocenters. The summed E-state index contributed by atoms with van der Waals surface area (Å²) in [6.07, 6.45) is 3.90. The molecule has 2 fully saturated rings. The summed E-state index contributed by atoms with van der Waals surface area (Å²) in [4.78, 5) is 62.0. The number of unbranched alkanes of at least 4 members (excludes halogenated alkanes) is 1. The second kappa shape index (κ2) is 13.6. The van der Waals surface area contributed by atoms with Crippen molar-refractivity contribution in [2.45, 2.75) is 136 Å². The Morgan fingerprint density at radius 3 is 1.37 bits per heavy atom. The number of nitrogens with zero attached hydrogens (tertiary/aromatic N) is 3. The van der Waals surface area contributed by atoms with Crippen molar-refractivity contribution in [2.24, 2.45) is 56.2 Å². The monoisotopic (exact) mass is 646 g/mol. The standard InChI is InChI=1S/C39H71N3O4/c1-18-19-22-41-30(43)26(35(5,6)7)27(31(41)44)37(10,11)25-38(12,13)39(14,15)29-28(36(8,9)24-34(2,3)4)32(45)42(33(29)46)23-20-21-40(16)17/h26-29H,18-25H2,1-17H3. The van der Waals surface area contributed by atoms with Gasteiger partial charge in [0.05, 0.1) is 23.7 Å². The lowest BCUT2D eigenvalue weighted by Crippen LogP contribution is -2.51. The molecule has 0 aromatic rings. The summed E-state index contributed by atoms with van der Waals surface area (Å²) in [5.41, 5.74) is -2.36. The summed E-state index contributed by atoms with van der Waals surface area (Å²) in [5.74, 6) is -2.01. The van der Waals surface area contributed by atoms with Gasteiger partial charge in [-0.2, -0.15) is 0 Å². The van der Waals surface area contributed by atoms with Crippen LogP contribution in [-0.2, 0) is 19.2 Å². The summed E-state index contributed by atoms with van der Waals surface area (Å²) < 4.78 is 0. The highest BCUT2D eigenvalue weighted by atomic mass is 16.2. The van der Waals surface area contributed by atoms with E-state index in [4.69, 9.17) is 0 Å². The summed E-state index contributed by atoms with van der Waals surface area (Å²) in [5, 5.41) is 0. The van der Waals surface area contributed by atoms with Gasteiger partial charge in [-0.05, 0) is 78.8 Å². The molecule has 2 aliphatic rings. The third-order valence-corrected chi connectivity index (χ3v) is 11.5. The minimum atomic E-state index is -0.585. The van der Waals surface area contributed by atoms with Gasteiger partial charge in [-0.3, -0.25) is 29.0 Å². The van der Waals surface area contributed by atoms with Crippen LogP contribution >= 0.6 is 0 Å². The Bertz CT molecular complexity index is 1130. The third kappa shape index (κ3) is 8.26. The number of rotatable bonds is 14. The van der Waals surface area contributed by atoms with Gasteiger partial charge in [-0.25, -0.2) is 0 Å². The van der Waals surface area contributed by atoms with Crippen LogP contribution in [0.5, 0.6) is 0 Å². The molecular formula is C39H71N3O4. The maximum absolute atomic E-state index is 14.5. The summed E-state index contributed by atoms with van der Waals surface area (Å²) in [6, 6.07) is 0. The zero-order valence-electron chi connectivity index (χ0n) is 32.9. The van der Waals surface area contributed by atoms with E-state index < -0.39 is 45.3 Å². The van der Waals surface area contributed by atoms with Crippen LogP contribution in [0.2, 0.25) is 0 Å². The minimum Gasteiger partial charge on any atom is -0.309 e. The lowest BCUT2D eigenvalue weighted by molar-refractivity contribution is -0.145. The van der Waals surface area contributed by atoms with Gasteiger partial charge in [0.25, 0.3) is 0 Å². The van der Waals surface area contributed by atoms with E-state index in [-0.39, 0.29) is 34.5 Å². The van der Waals surface area contributed by atoms with Gasteiger partial charge in [-0.1, -0.05) is 110 Å². The Hall–Kier alpha value is -1.76. The zero-order valence-corrected chi connectivity index (χ0v) is 32.9. The lowest BCUT2D eigenvalue weighted by Gasteiger charge is -2.52. The highest BCUT2D eigenvalue weighted by Crippen LogP contribution is 2.61. The molecule has 7 heteroatoms. The fourth-order valence-electron chi connectivity index (χ4n) is 9.30. The average molecular weight is 646 g/mol. The van der Waals surface area contributed by atoms with E-state index in [0.29, 0.717) is 19.5 Å². The fraction of sp³-hybridized carbons (Fsp3) is 0.897. The first-order valence-corrected chi connectivity index (χ1v) is 17.9. The van der Waals surface area contributed by atoms with Gasteiger partial charge < -0.3 is 4.90 Å². The molecule has 0 aromatic heterocycles. The Balaban J connectivity index is 2.61. The second-order valence-corrected chi connectivity index (χ2v) is 19.9. The quantitative estimate of drug-likeness (QED) is 0.179. The SMILES string of the molecule is CCCCN1C(=O)C(C(C)(C)C)C(C(C)(C)CC(C)(C)C(C)(C)C2C(=O)N(CCCN(C)C)C(=O)C2C(C)(C)CC(C)(C)C)C1=O. The Labute approximate surface area is 283 Å². The van der Waals surface area contributed by atoms with E-state index >= 15 is 0 Å². The maximum Gasteiger partial charge on any atom is 0.233 e. The van der Waals surface area contributed by atoms with Gasteiger partial charge >= 0.3 is 0 Å². The Morgan fingerprint density at radius 1 is 0.565 bits per heavy atom. The molecule has 0 saturated carbocycles. The van der Waals surface area contributed by atoms with Gasteiger partial charge in [0.2, 0.25) is 23.6 Å². The molecule has 0 N–H and O–H groups in total. The van der Waals surface area contributed by atoms with E-state index in [0.717, 1.165) is 32.2 Å². The normalized spacial score (nSPS) is 24.3. The number of hydrogen-bond acceptors (Lipinski definition) is 5. The predicted octanol–water partition coefficient (Wildman–Crippen LogP) is 7.92. The fourth-order valence-corrected chi connectivity index (χ4v) is 9.30. The van der Waals surface area contributed by atoms with Crippen molar-refractivity contribution in [3.05, 3.63) is 0 Å². The van der Waals surface area contributed by atoms with Crippen LogP contribution in [0.15, 0.2) is 0 Å². The molecule has 0 aliphatic carbocycles. The van der Waals surface area contributed by atoms with Gasteiger partial charge in [0, 0.05) is 13.1 Å². The number of amides is 4. The predicted molar refractivity (Wildman–Crippen MR) is 189 cm³/mol. The van der Waals surface area contributed by atoms with E-state index in [1.165, 1.54) is 4.90 Å². The first kappa shape index (κ1) is 40.4. The molecule has 0 spiro atoms. The van der Waals surface area contributed by atoms with Crippen LogP contribution in [0.4, 0.5) is 0 Å². The molecule has 2 saturated heterocycles. The van der Waals surface area contributed by atoms with Crippen molar-refractivity contribution in [2.75, 3.05) is 33.7 Å². The molecule has 4 amide bonds. The van der Waals surface area contributed by atoms with Crippen LogP contribution < -0.4 is 0 Å². The molecule has 2 aliphatic heterocycles. The van der Waals surface area contributed by atoms with Crippen molar-refractivity contribution < 1.29 is 19.2 Å². The largest absolute Gasteiger partial charge is 0.309 e. The molecule has 7 nitrogen and oxygen atoms in total. The average Bonchev–Trinajstić information content (AvgIpc) is 3.25. The summed E-state index contributed by atoms with van der Waals surface area (Å²) in [7, 11) is 4.02. The number of carbonyl (C=O) groups excluding carboxylic acids is 4. The van der Waals surface area contributed by atoms with Crippen LogP contribution in [0.3, 0.4) is 0 Å². The van der Waals surface area contributed by atoms with Gasteiger partial charge in [0.1, 0.15) is 0 Å². The highest BCUT2D eigenvalue weighted by Gasteiger charge is 2.64. The van der Waals surface area contributed by atoms with Crippen LogP contribution in [0.25, 0.3) is 0 Å². The first-order valence-electron chi connectivity index (χ1n) is 17.9.